The van der Waals surface area contributed by atoms with Crippen molar-refractivity contribution in [2.24, 2.45) is 11.6 Å². The molecule has 0 spiro atoms. The first-order valence-corrected chi connectivity index (χ1v) is 6.31. The van der Waals surface area contributed by atoms with Crippen molar-refractivity contribution in [2.75, 3.05) is 14.2 Å². The average molecular weight is 265 g/mol. The van der Waals surface area contributed by atoms with Crippen LogP contribution in [0.4, 0.5) is 0 Å². The second-order valence-electron chi connectivity index (χ2n) is 4.97. The zero-order chi connectivity index (χ0) is 14.6. The van der Waals surface area contributed by atoms with E-state index in [4.69, 9.17) is 16.3 Å². The van der Waals surface area contributed by atoms with E-state index >= 15 is 0 Å². The predicted octanol–water partition coefficient (Wildman–Crippen LogP) is 1.54. The Kier molecular flexibility index (Phi) is 5.32. The number of amides is 1. The Balaban J connectivity index is 2.96. The van der Waals surface area contributed by atoms with Crippen molar-refractivity contribution in [3.63, 3.8) is 0 Å². The lowest BCUT2D eigenvalue weighted by Gasteiger charge is -2.19. The monoisotopic (exact) mass is 265 g/mol. The van der Waals surface area contributed by atoms with Crippen molar-refractivity contribution in [2.45, 2.75) is 32.2 Å². The maximum atomic E-state index is 11.6. The Bertz CT molecular complexity index is 444. The smallest absolute Gasteiger partial charge is 0.238 e. The number of methoxy groups -OCH3 is 1. The summed E-state index contributed by atoms with van der Waals surface area (Å²) in [4.78, 5) is 11.6. The molecule has 0 saturated carbocycles. The van der Waals surface area contributed by atoms with Crippen LogP contribution in [0.2, 0.25) is 0 Å². The molecule has 5 nitrogen and oxygen atoms in total. The van der Waals surface area contributed by atoms with Crippen molar-refractivity contribution < 1.29 is 9.53 Å². The van der Waals surface area contributed by atoms with E-state index in [0.717, 1.165) is 10.6 Å². The highest BCUT2D eigenvalue weighted by Crippen LogP contribution is 2.29. The van der Waals surface area contributed by atoms with Gasteiger partial charge in [0, 0.05) is 25.1 Å². The highest BCUT2D eigenvalue weighted by atomic mass is 16.5. The third kappa shape index (κ3) is 3.94. The van der Waals surface area contributed by atoms with Gasteiger partial charge < -0.3 is 10.5 Å². The minimum absolute atomic E-state index is 0.157. The van der Waals surface area contributed by atoms with Crippen molar-refractivity contribution in [1.29, 1.82) is 0 Å². The second-order valence-corrected chi connectivity index (χ2v) is 4.97. The summed E-state index contributed by atoms with van der Waals surface area (Å²) in [6, 6.07) is 5.48. The molecular weight excluding hydrogens is 242 g/mol. The Hall–Kier alpha value is -1.59. The number of hydrazine groups is 1. The second kappa shape index (κ2) is 6.54. The highest BCUT2D eigenvalue weighted by Gasteiger charge is 2.17. The standard InChI is InChI=1S/C14H23N3O2/c1-9(2)10-5-6-11(13(7-10)19-4)12(15)8-14(18)17(3)16/h5-7,9,12H,8,15-16H2,1-4H3. The number of benzene rings is 1. The molecule has 1 aromatic rings. The Morgan fingerprint density at radius 3 is 2.53 bits per heavy atom. The number of rotatable bonds is 5. The number of ether oxygens (including phenoxy) is 1. The first kappa shape index (κ1) is 15.5. The summed E-state index contributed by atoms with van der Waals surface area (Å²) in [6.45, 7) is 4.22. The van der Waals surface area contributed by atoms with Crippen LogP contribution in [0.5, 0.6) is 5.75 Å². The quantitative estimate of drug-likeness (QED) is 0.480. The Morgan fingerprint density at radius 2 is 2.05 bits per heavy atom. The number of nitrogens with zero attached hydrogens (tertiary/aromatic N) is 1. The number of nitrogens with two attached hydrogens (primary N) is 2. The minimum Gasteiger partial charge on any atom is -0.496 e. The van der Waals surface area contributed by atoms with Gasteiger partial charge in [-0.05, 0) is 17.5 Å². The Labute approximate surface area is 114 Å². The molecule has 1 unspecified atom stereocenters. The fraction of sp³-hybridized carbons (Fsp3) is 0.500. The lowest BCUT2D eigenvalue weighted by atomic mass is 9.97. The number of carbonyl (C=O) groups is 1. The molecule has 0 fully saturated rings. The fourth-order valence-electron chi connectivity index (χ4n) is 1.84. The van der Waals surface area contributed by atoms with Crippen molar-refractivity contribution in [1.82, 2.24) is 5.01 Å². The van der Waals surface area contributed by atoms with E-state index in [1.165, 1.54) is 12.6 Å². The number of hydrogen-bond donors (Lipinski definition) is 2. The van der Waals surface area contributed by atoms with Crippen LogP contribution in [0.3, 0.4) is 0 Å². The molecule has 0 bridgehead atoms. The average Bonchev–Trinajstić information content (AvgIpc) is 2.37. The molecule has 0 aromatic heterocycles. The van der Waals surface area contributed by atoms with Crippen LogP contribution in [-0.2, 0) is 4.79 Å². The molecule has 0 radical (unpaired) electrons. The van der Waals surface area contributed by atoms with E-state index in [1.807, 2.05) is 18.2 Å². The van der Waals surface area contributed by atoms with Crippen LogP contribution in [-0.4, -0.2) is 25.1 Å². The summed E-state index contributed by atoms with van der Waals surface area (Å²) < 4.78 is 5.36. The molecule has 1 amide bonds. The zero-order valence-electron chi connectivity index (χ0n) is 12.0. The van der Waals surface area contributed by atoms with Crippen LogP contribution in [0.25, 0.3) is 0 Å². The molecule has 19 heavy (non-hydrogen) atoms. The van der Waals surface area contributed by atoms with Gasteiger partial charge in [0.15, 0.2) is 0 Å². The fourth-order valence-corrected chi connectivity index (χ4v) is 1.84. The summed E-state index contributed by atoms with van der Waals surface area (Å²) >= 11 is 0. The third-order valence-corrected chi connectivity index (χ3v) is 3.11. The molecule has 0 aliphatic heterocycles. The van der Waals surface area contributed by atoms with Gasteiger partial charge in [-0.3, -0.25) is 9.80 Å². The van der Waals surface area contributed by atoms with Crippen LogP contribution in [0.1, 0.15) is 43.4 Å². The summed E-state index contributed by atoms with van der Waals surface area (Å²) in [5.41, 5.74) is 8.05. The molecule has 0 saturated heterocycles. The molecule has 4 N–H and O–H groups in total. The number of hydrogen-bond acceptors (Lipinski definition) is 4. The normalized spacial score (nSPS) is 12.4. The van der Waals surface area contributed by atoms with E-state index in [-0.39, 0.29) is 12.3 Å². The molecule has 1 atom stereocenters. The van der Waals surface area contributed by atoms with Gasteiger partial charge in [-0.25, -0.2) is 5.84 Å². The van der Waals surface area contributed by atoms with E-state index in [9.17, 15) is 4.79 Å². The minimum atomic E-state index is -0.422. The largest absolute Gasteiger partial charge is 0.496 e. The molecule has 106 valence electrons. The van der Waals surface area contributed by atoms with Gasteiger partial charge in [0.2, 0.25) is 5.91 Å². The molecule has 0 heterocycles. The third-order valence-electron chi connectivity index (χ3n) is 3.11. The van der Waals surface area contributed by atoms with E-state index in [2.05, 4.69) is 13.8 Å². The van der Waals surface area contributed by atoms with Crippen LogP contribution < -0.4 is 16.3 Å². The summed E-state index contributed by atoms with van der Waals surface area (Å²) in [6.07, 6.45) is 0.157. The van der Waals surface area contributed by atoms with Gasteiger partial charge in [-0.2, -0.15) is 0 Å². The molecular formula is C14H23N3O2. The van der Waals surface area contributed by atoms with Gasteiger partial charge in [-0.15, -0.1) is 0 Å². The SMILES string of the molecule is COc1cc(C(C)C)ccc1C(N)CC(=O)N(C)N. The van der Waals surface area contributed by atoms with Crippen LogP contribution in [0.15, 0.2) is 18.2 Å². The zero-order valence-corrected chi connectivity index (χ0v) is 12.0. The maximum Gasteiger partial charge on any atom is 0.238 e. The number of carbonyl (C=O) groups excluding carboxylic acids is 1. The Morgan fingerprint density at radius 1 is 1.42 bits per heavy atom. The van der Waals surface area contributed by atoms with Crippen molar-refractivity contribution in [3.05, 3.63) is 29.3 Å². The molecule has 1 rings (SSSR count). The van der Waals surface area contributed by atoms with Gasteiger partial charge in [0.25, 0.3) is 0 Å². The molecule has 0 aliphatic carbocycles. The van der Waals surface area contributed by atoms with Crippen LogP contribution in [0, 0.1) is 0 Å². The topological polar surface area (TPSA) is 81.6 Å². The maximum absolute atomic E-state index is 11.6. The summed E-state index contributed by atoms with van der Waals surface area (Å²) in [5.74, 6) is 6.31. The van der Waals surface area contributed by atoms with Gasteiger partial charge in [0.1, 0.15) is 5.75 Å². The summed E-state index contributed by atoms with van der Waals surface area (Å²) in [7, 11) is 3.11. The summed E-state index contributed by atoms with van der Waals surface area (Å²) in [5, 5.41) is 1.05. The van der Waals surface area contributed by atoms with Crippen molar-refractivity contribution >= 4 is 5.91 Å². The molecule has 5 heteroatoms. The van der Waals surface area contributed by atoms with Gasteiger partial charge in [0.05, 0.1) is 7.11 Å². The predicted molar refractivity (Wildman–Crippen MR) is 75.6 cm³/mol. The van der Waals surface area contributed by atoms with E-state index in [0.29, 0.717) is 11.7 Å². The molecule has 0 aliphatic rings. The van der Waals surface area contributed by atoms with Gasteiger partial charge in [-0.1, -0.05) is 26.0 Å². The van der Waals surface area contributed by atoms with Crippen molar-refractivity contribution in [3.8, 4) is 5.75 Å². The molecule has 1 aromatic carbocycles. The van der Waals surface area contributed by atoms with Crippen LogP contribution >= 0.6 is 0 Å². The van der Waals surface area contributed by atoms with E-state index in [1.54, 1.807) is 7.11 Å². The first-order valence-electron chi connectivity index (χ1n) is 6.31. The lowest BCUT2D eigenvalue weighted by Crippen LogP contribution is -2.35. The lowest BCUT2D eigenvalue weighted by molar-refractivity contribution is -0.130. The van der Waals surface area contributed by atoms with E-state index < -0.39 is 6.04 Å². The van der Waals surface area contributed by atoms with Gasteiger partial charge >= 0.3 is 0 Å². The highest BCUT2D eigenvalue weighted by molar-refractivity contribution is 5.76. The first-order chi connectivity index (χ1) is 8.86.